The van der Waals surface area contributed by atoms with Crippen LogP contribution in [-0.2, 0) is 9.53 Å². The first kappa shape index (κ1) is 25.4. The van der Waals surface area contributed by atoms with Gasteiger partial charge in [0.1, 0.15) is 17.4 Å². The van der Waals surface area contributed by atoms with Crippen molar-refractivity contribution in [2.75, 3.05) is 29.7 Å². The number of halogens is 1. The molecule has 2 heterocycles. The lowest BCUT2D eigenvalue weighted by molar-refractivity contribution is -0.113. The van der Waals surface area contributed by atoms with Crippen LogP contribution in [0.1, 0.15) is 43.9 Å². The number of hydrogen-bond donors (Lipinski definition) is 2. The van der Waals surface area contributed by atoms with Crippen molar-refractivity contribution in [1.82, 2.24) is 4.90 Å². The summed E-state index contributed by atoms with van der Waals surface area (Å²) in [6.07, 6.45) is 1.65. The van der Waals surface area contributed by atoms with Crippen LogP contribution in [0.4, 0.5) is 11.4 Å². The molecule has 194 valence electrons. The molecule has 2 aliphatic heterocycles. The van der Waals surface area contributed by atoms with Gasteiger partial charge in [0, 0.05) is 23.5 Å². The van der Waals surface area contributed by atoms with Gasteiger partial charge >= 0.3 is 0 Å². The summed E-state index contributed by atoms with van der Waals surface area (Å²) in [6.45, 7) is 0.905. The normalized spacial score (nSPS) is 16.3. The largest absolute Gasteiger partial charge is 0.457 e. The Morgan fingerprint density at radius 2 is 1.55 bits per heavy atom. The van der Waals surface area contributed by atoms with E-state index in [0.717, 1.165) is 12.8 Å². The molecule has 3 aromatic carbocycles. The zero-order chi connectivity index (χ0) is 26.6. The molecule has 1 atom stereocenters. The van der Waals surface area contributed by atoms with Crippen LogP contribution in [0.5, 0.6) is 11.5 Å². The van der Waals surface area contributed by atoms with E-state index in [2.05, 4.69) is 10.6 Å². The molecule has 1 saturated heterocycles. The monoisotopic (exact) mass is 533 g/mol. The molecule has 0 spiro atoms. The lowest BCUT2D eigenvalue weighted by Gasteiger charge is -2.17. The zero-order valence-corrected chi connectivity index (χ0v) is 21.0. The Kier molecular flexibility index (Phi) is 7.39. The van der Waals surface area contributed by atoms with Crippen LogP contribution in [0.25, 0.3) is 0 Å². The average molecular weight is 534 g/mol. The predicted octanol–water partition coefficient (Wildman–Crippen LogP) is 4.68. The van der Waals surface area contributed by atoms with E-state index in [0.29, 0.717) is 46.2 Å². The van der Waals surface area contributed by atoms with Gasteiger partial charge in [-0.15, -0.1) is 11.6 Å². The highest BCUT2D eigenvalue weighted by molar-refractivity contribution is 6.29. The number of amides is 4. The number of anilines is 2. The van der Waals surface area contributed by atoms with E-state index < -0.39 is 0 Å². The molecular weight excluding hydrogens is 510 g/mol. The number of rotatable bonds is 8. The second kappa shape index (κ2) is 11.0. The maximum absolute atomic E-state index is 12.9. The van der Waals surface area contributed by atoms with Crippen molar-refractivity contribution in [3.8, 4) is 11.5 Å². The molecule has 10 heteroatoms. The van der Waals surface area contributed by atoms with Gasteiger partial charge in [0.2, 0.25) is 5.91 Å². The fourth-order valence-corrected chi connectivity index (χ4v) is 4.40. The molecule has 9 nitrogen and oxygen atoms in total. The van der Waals surface area contributed by atoms with E-state index in [1.165, 1.54) is 4.90 Å². The van der Waals surface area contributed by atoms with Gasteiger partial charge < -0.3 is 20.1 Å². The first-order chi connectivity index (χ1) is 18.4. The molecular formula is C28H24ClN3O6. The number of benzene rings is 3. The van der Waals surface area contributed by atoms with Crippen LogP contribution >= 0.6 is 11.6 Å². The SMILES string of the molecule is O=C(CCl)Nc1ccc(C(=O)Nc2ccc(Oc3ccc4c(c3)C(=O)N(CC3CCCO3)C4=O)cc2)cc1. The van der Waals surface area contributed by atoms with Crippen molar-refractivity contribution in [1.29, 1.82) is 0 Å². The second-order valence-corrected chi connectivity index (χ2v) is 9.17. The van der Waals surface area contributed by atoms with Crippen molar-refractivity contribution in [3.63, 3.8) is 0 Å². The summed E-state index contributed by atoms with van der Waals surface area (Å²) < 4.78 is 11.5. The fourth-order valence-electron chi connectivity index (χ4n) is 4.34. The summed E-state index contributed by atoms with van der Waals surface area (Å²) in [7, 11) is 0. The average Bonchev–Trinajstić information content (AvgIpc) is 3.53. The highest BCUT2D eigenvalue weighted by Gasteiger charge is 2.37. The summed E-state index contributed by atoms with van der Waals surface area (Å²) >= 11 is 5.48. The Labute approximate surface area is 223 Å². The number of fused-ring (bicyclic) bond motifs is 1. The Morgan fingerprint density at radius 3 is 2.24 bits per heavy atom. The molecule has 2 N–H and O–H groups in total. The van der Waals surface area contributed by atoms with Gasteiger partial charge in [-0.25, -0.2) is 0 Å². The van der Waals surface area contributed by atoms with Crippen LogP contribution < -0.4 is 15.4 Å². The van der Waals surface area contributed by atoms with Gasteiger partial charge in [0.15, 0.2) is 0 Å². The summed E-state index contributed by atoms with van der Waals surface area (Å²) in [5.41, 5.74) is 2.18. The molecule has 0 bridgehead atoms. The lowest BCUT2D eigenvalue weighted by atomic mass is 10.1. The third kappa shape index (κ3) is 5.53. The molecule has 1 unspecified atom stereocenters. The molecule has 0 aliphatic carbocycles. The first-order valence-corrected chi connectivity index (χ1v) is 12.6. The van der Waals surface area contributed by atoms with Crippen LogP contribution in [0.2, 0.25) is 0 Å². The number of imide groups is 1. The number of hydrogen-bond acceptors (Lipinski definition) is 6. The number of ether oxygens (including phenoxy) is 2. The molecule has 3 aromatic rings. The minimum absolute atomic E-state index is 0.116. The maximum atomic E-state index is 12.9. The minimum atomic E-state index is -0.349. The van der Waals surface area contributed by atoms with Gasteiger partial charge in [0.25, 0.3) is 17.7 Å². The molecule has 2 aliphatic rings. The number of nitrogens with zero attached hydrogens (tertiary/aromatic N) is 1. The minimum Gasteiger partial charge on any atom is -0.457 e. The zero-order valence-electron chi connectivity index (χ0n) is 20.2. The third-order valence-electron chi connectivity index (χ3n) is 6.25. The molecule has 0 radical (unpaired) electrons. The molecule has 4 amide bonds. The summed E-state index contributed by atoms with van der Waals surface area (Å²) in [6, 6.07) is 18.0. The first-order valence-electron chi connectivity index (χ1n) is 12.1. The van der Waals surface area contributed by atoms with E-state index >= 15 is 0 Å². The Bertz CT molecular complexity index is 1380. The van der Waals surface area contributed by atoms with Crippen LogP contribution in [-0.4, -0.2) is 53.7 Å². The Balaban J connectivity index is 1.20. The molecule has 5 rings (SSSR count). The van der Waals surface area contributed by atoms with Gasteiger partial charge in [-0.1, -0.05) is 0 Å². The van der Waals surface area contributed by atoms with Gasteiger partial charge in [-0.2, -0.15) is 0 Å². The number of alkyl halides is 1. The molecule has 38 heavy (non-hydrogen) atoms. The standard InChI is InChI=1S/C28H24ClN3O6/c29-15-25(33)30-18-5-3-17(4-6-18)26(34)31-19-7-9-20(10-8-19)38-21-11-12-23-24(14-21)28(36)32(27(23)35)16-22-2-1-13-37-22/h3-12,14,22H,1-2,13,15-16H2,(H,30,33)(H,31,34). The van der Waals surface area contributed by atoms with E-state index in [9.17, 15) is 19.2 Å². The van der Waals surface area contributed by atoms with Crippen LogP contribution in [0, 0.1) is 0 Å². The van der Waals surface area contributed by atoms with Gasteiger partial charge in [-0.3, -0.25) is 24.1 Å². The lowest BCUT2D eigenvalue weighted by Crippen LogP contribution is -2.36. The number of nitrogens with one attached hydrogen (secondary N) is 2. The fraction of sp³-hybridized carbons (Fsp3) is 0.214. The highest BCUT2D eigenvalue weighted by atomic mass is 35.5. The van der Waals surface area contributed by atoms with Crippen molar-refractivity contribution in [3.05, 3.63) is 83.4 Å². The third-order valence-corrected chi connectivity index (χ3v) is 6.50. The number of carbonyl (C=O) groups excluding carboxylic acids is 4. The van der Waals surface area contributed by atoms with Crippen LogP contribution in [0.15, 0.2) is 66.7 Å². The topological polar surface area (TPSA) is 114 Å². The Morgan fingerprint density at radius 1 is 0.895 bits per heavy atom. The predicted molar refractivity (Wildman–Crippen MR) is 141 cm³/mol. The van der Waals surface area contributed by atoms with E-state index in [1.807, 2.05) is 0 Å². The van der Waals surface area contributed by atoms with Crippen LogP contribution in [0.3, 0.4) is 0 Å². The van der Waals surface area contributed by atoms with Gasteiger partial charge in [-0.05, 0) is 79.6 Å². The summed E-state index contributed by atoms with van der Waals surface area (Å²) in [5, 5.41) is 5.41. The summed E-state index contributed by atoms with van der Waals surface area (Å²) in [4.78, 5) is 50.8. The molecule has 0 saturated carbocycles. The quantitative estimate of drug-likeness (QED) is 0.321. The van der Waals surface area contributed by atoms with E-state index in [1.54, 1.807) is 66.7 Å². The van der Waals surface area contributed by atoms with Gasteiger partial charge in [0.05, 0.1) is 23.8 Å². The highest BCUT2D eigenvalue weighted by Crippen LogP contribution is 2.31. The summed E-state index contributed by atoms with van der Waals surface area (Å²) in [5.74, 6) is -0.551. The van der Waals surface area contributed by atoms with Crippen molar-refractivity contribution in [2.24, 2.45) is 0 Å². The van der Waals surface area contributed by atoms with E-state index in [4.69, 9.17) is 21.1 Å². The number of carbonyl (C=O) groups is 4. The van der Waals surface area contributed by atoms with Crippen molar-refractivity contribution < 1.29 is 28.7 Å². The van der Waals surface area contributed by atoms with E-state index in [-0.39, 0.29) is 42.2 Å². The van der Waals surface area contributed by atoms with Crippen molar-refractivity contribution in [2.45, 2.75) is 18.9 Å². The van der Waals surface area contributed by atoms with Crippen molar-refractivity contribution >= 4 is 46.6 Å². The second-order valence-electron chi connectivity index (χ2n) is 8.90. The smallest absolute Gasteiger partial charge is 0.261 e. The molecule has 0 aromatic heterocycles. The maximum Gasteiger partial charge on any atom is 0.261 e. The molecule has 1 fully saturated rings. The Hall–Kier alpha value is -4.21.